The fourth-order valence-corrected chi connectivity index (χ4v) is 4.85. The largest absolute Gasteiger partial charge is 0.454 e. The van der Waals surface area contributed by atoms with Gasteiger partial charge < -0.3 is 19.5 Å². The van der Waals surface area contributed by atoms with Crippen molar-refractivity contribution in [2.24, 2.45) is 5.92 Å². The summed E-state index contributed by atoms with van der Waals surface area (Å²) in [6.45, 7) is 2.20. The van der Waals surface area contributed by atoms with Gasteiger partial charge in [-0.05, 0) is 60.6 Å². The molecule has 2 atom stereocenters. The first kappa shape index (κ1) is 20.0. The molecular weight excluding hydrogens is 425 g/mol. The molecule has 7 heteroatoms. The minimum atomic E-state index is -0.164. The third-order valence-corrected chi connectivity index (χ3v) is 7.27. The van der Waals surface area contributed by atoms with Gasteiger partial charge in [0.15, 0.2) is 11.5 Å². The first-order chi connectivity index (χ1) is 14.6. The number of carbonyl (C=O) groups excluding carboxylic acids is 1. The van der Waals surface area contributed by atoms with Crippen molar-refractivity contribution in [1.82, 2.24) is 5.32 Å². The summed E-state index contributed by atoms with van der Waals surface area (Å²) < 4.78 is 16.6. The molecule has 2 aromatic rings. The molecule has 2 fully saturated rings. The molecule has 2 unspecified atom stereocenters. The van der Waals surface area contributed by atoms with Gasteiger partial charge in [-0.2, -0.15) is 0 Å². The first-order valence-electron chi connectivity index (χ1n) is 10.3. The van der Waals surface area contributed by atoms with E-state index in [2.05, 4.69) is 17.4 Å². The Morgan fingerprint density at radius 1 is 1.03 bits per heavy atom. The van der Waals surface area contributed by atoms with Gasteiger partial charge in [0.05, 0.1) is 10.0 Å². The van der Waals surface area contributed by atoms with E-state index in [0.29, 0.717) is 29.8 Å². The van der Waals surface area contributed by atoms with Crippen molar-refractivity contribution in [3.63, 3.8) is 0 Å². The molecule has 1 saturated heterocycles. The second-order valence-corrected chi connectivity index (χ2v) is 9.12. The highest BCUT2D eigenvalue weighted by atomic mass is 35.5. The number of amides is 1. The van der Waals surface area contributed by atoms with E-state index >= 15 is 0 Å². The summed E-state index contributed by atoms with van der Waals surface area (Å²) in [6.07, 6.45) is 2.55. The number of halogens is 2. The van der Waals surface area contributed by atoms with E-state index < -0.39 is 0 Å². The Morgan fingerprint density at radius 3 is 2.63 bits per heavy atom. The monoisotopic (exact) mass is 447 g/mol. The van der Waals surface area contributed by atoms with Gasteiger partial charge in [-0.15, -0.1) is 0 Å². The Labute approximate surface area is 185 Å². The van der Waals surface area contributed by atoms with Crippen molar-refractivity contribution in [2.75, 3.05) is 26.6 Å². The van der Waals surface area contributed by atoms with Crippen LogP contribution in [0.25, 0.3) is 0 Å². The summed E-state index contributed by atoms with van der Waals surface area (Å²) in [4.78, 5) is 12.9. The second-order valence-electron chi connectivity index (χ2n) is 8.30. The van der Waals surface area contributed by atoms with E-state index in [1.165, 1.54) is 0 Å². The Balaban J connectivity index is 1.28. The fraction of sp³-hybridized carbons (Fsp3) is 0.435. The van der Waals surface area contributed by atoms with Gasteiger partial charge in [-0.1, -0.05) is 35.3 Å². The minimum Gasteiger partial charge on any atom is -0.454 e. The Bertz CT molecular complexity index is 974. The number of hydrogen-bond donors (Lipinski definition) is 1. The fourth-order valence-electron chi connectivity index (χ4n) is 4.54. The molecule has 158 valence electrons. The molecule has 2 aromatic carbocycles. The van der Waals surface area contributed by atoms with Crippen LogP contribution in [0.2, 0.25) is 10.0 Å². The maximum Gasteiger partial charge on any atom is 0.231 e. The van der Waals surface area contributed by atoms with E-state index in [0.717, 1.165) is 41.9 Å². The van der Waals surface area contributed by atoms with Crippen LogP contribution in [0.3, 0.4) is 0 Å². The first-order valence-corrected chi connectivity index (χ1v) is 11.0. The number of benzene rings is 2. The van der Waals surface area contributed by atoms with Crippen LogP contribution < -0.4 is 14.8 Å². The number of hydrogen-bond acceptors (Lipinski definition) is 4. The smallest absolute Gasteiger partial charge is 0.231 e. The van der Waals surface area contributed by atoms with Crippen molar-refractivity contribution in [1.29, 1.82) is 0 Å². The number of nitrogens with one attached hydrogen (secondary N) is 1. The maximum absolute atomic E-state index is 12.9. The van der Waals surface area contributed by atoms with E-state index in [-0.39, 0.29) is 30.0 Å². The van der Waals surface area contributed by atoms with Crippen molar-refractivity contribution >= 4 is 29.1 Å². The predicted molar refractivity (Wildman–Crippen MR) is 115 cm³/mol. The Kier molecular flexibility index (Phi) is 5.30. The van der Waals surface area contributed by atoms with E-state index in [1.807, 2.05) is 18.2 Å². The number of rotatable bonds is 5. The van der Waals surface area contributed by atoms with Crippen molar-refractivity contribution in [2.45, 2.75) is 30.6 Å². The molecule has 0 radical (unpaired) electrons. The lowest BCUT2D eigenvalue weighted by molar-refractivity contribution is -0.122. The predicted octanol–water partition coefficient (Wildman–Crippen LogP) is 4.69. The molecule has 5 rings (SSSR count). The summed E-state index contributed by atoms with van der Waals surface area (Å²) in [5.41, 5.74) is 2.07. The topological polar surface area (TPSA) is 56.8 Å². The van der Waals surface area contributed by atoms with Gasteiger partial charge >= 0.3 is 0 Å². The summed E-state index contributed by atoms with van der Waals surface area (Å²) in [5.74, 6) is 1.82. The Morgan fingerprint density at radius 2 is 1.83 bits per heavy atom. The molecule has 0 bridgehead atoms. The summed E-state index contributed by atoms with van der Waals surface area (Å²) >= 11 is 12.1. The Hall–Kier alpha value is -1.95. The zero-order chi connectivity index (χ0) is 20.7. The van der Waals surface area contributed by atoms with E-state index in [4.69, 9.17) is 37.4 Å². The van der Waals surface area contributed by atoms with Crippen LogP contribution in [0.15, 0.2) is 36.4 Å². The number of fused-ring (bicyclic) bond motifs is 1. The number of carbonyl (C=O) groups is 1. The van der Waals surface area contributed by atoms with Crippen LogP contribution in [0.4, 0.5) is 0 Å². The molecule has 1 amide bonds. The van der Waals surface area contributed by atoms with Gasteiger partial charge in [-0.3, -0.25) is 4.79 Å². The molecule has 30 heavy (non-hydrogen) atoms. The molecular formula is C23H23Cl2NO4. The normalized spacial score (nSPS) is 23.8. The highest BCUT2D eigenvalue weighted by Crippen LogP contribution is 2.49. The van der Waals surface area contributed by atoms with E-state index in [9.17, 15) is 4.79 Å². The highest BCUT2D eigenvalue weighted by molar-refractivity contribution is 6.42. The third-order valence-electron chi connectivity index (χ3n) is 6.53. The second kappa shape index (κ2) is 7.95. The molecule has 1 aliphatic carbocycles. The highest BCUT2D eigenvalue weighted by Gasteiger charge is 2.45. The molecule has 0 spiro atoms. The van der Waals surface area contributed by atoms with Gasteiger partial charge in [-0.25, -0.2) is 0 Å². The molecule has 5 nitrogen and oxygen atoms in total. The lowest BCUT2D eigenvalue weighted by Gasteiger charge is -2.38. The van der Waals surface area contributed by atoms with Crippen molar-refractivity contribution in [3.8, 4) is 11.5 Å². The molecule has 3 aliphatic rings. The zero-order valence-corrected chi connectivity index (χ0v) is 18.0. The third kappa shape index (κ3) is 3.75. The lowest BCUT2D eigenvalue weighted by atomic mass is 9.74. The van der Waals surface area contributed by atoms with Crippen LogP contribution in [0.5, 0.6) is 11.5 Å². The quantitative estimate of drug-likeness (QED) is 0.721. The average molecular weight is 448 g/mol. The summed E-state index contributed by atoms with van der Waals surface area (Å²) in [6, 6.07) is 11.7. The standard InChI is InChI=1S/C23H23Cl2NO4/c24-18-3-1-14(9-19(18)25)16-11-17(16)22(27)26-12-23(5-7-28-8-6-23)15-2-4-20-21(10-15)30-13-29-20/h1-4,9-10,16-17H,5-8,11-13H2,(H,26,27). The molecule has 2 aliphatic heterocycles. The minimum absolute atomic E-state index is 0.0177. The van der Waals surface area contributed by atoms with Crippen LogP contribution in [0.1, 0.15) is 36.3 Å². The average Bonchev–Trinajstić information content (AvgIpc) is 3.43. The molecule has 1 N–H and O–H groups in total. The van der Waals surface area contributed by atoms with Crippen LogP contribution in [-0.2, 0) is 14.9 Å². The maximum atomic E-state index is 12.9. The van der Waals surface area contributed by atoms with Crippen molar-refractivity contribution in [3.05, 3.63) is 57.6 Å². The number of ether oxygens (including phenoxy) is 3. The molecule has 0 aromatic heterocycles. The van der Waals surface area contributed by atoms with Crippen molar-refractivity contribution < 1.29 is 19.0 Å². The van der Waals surface area contributed by atoms with E-state index in [1.54, 1.807) is 6.07 Å². The SMILES string of the molecule is O=C(NCC1(c2ccc3c(c2)OCO3)CCOCC1)C1CC1c1ccc(Cl)c(Cl)c1. The van der Waals surface area contributed by atoms with Gasteiger partial charge in [0.25, 0.3) is 0 Å². The summed E-state index contributed by atoms with van der Waals surface area (Å²) in [7, 11) is 0. The van der Waals surface area contributed by atoms with Crippen LogP contribution in [-0.4, -0.2) is 32.5 Å². The van der Waals surface area contributed by atoms with Crippen LogP contribution in [0, 0.1) is 5.92 Å². The summed E-state index contributed by atoms with van der Waals surface area (Å²) in [5, 5.41) is 4.29. The molecule has 2 heterocycles. The van der Waals surface area contributed by atoms with Gasteiger partial charge in [0.1, 0.15) is 0 Å². The molecule has 1 saturated carbocycles. The van der Waals surface area contributed by atoms with Gasteiger partial charge in [0, 0.05) is 31.1 Å². The lowest BCUT2D eigenvalue weighted by Crippen LogP contribution is -2.45. The van der Waals surface area contributed by atoms with Gasteiger partial charge in [0.2, 0.25) is 12.7 Å². The van der Waals surface area contributed by atoms with Crippen LogP contribution >= 0.6 is 23.2 Å². The zero-order valence-electron chi connectivity index (χ0n) is 16.5.